The number of carbonyl (C=O) groups excluding carboxylic acids is 1. The van der Waals surface area contributed by atoms with E-state index in [1.807, 2.05) is 0 Å². The van der Waals surface area contributed by atoms with Gasteiger partial charge in [0.2, 0.25) is 12.7 Å². The number of nitrogens with two attached hydrogens (primary N) is 1. The highest BCUT2D eigenvalue weighted by Gasteiger charge is 2.24. The van der Waals surface area contributed by atoms with E-state index >= 15 is 0 Å². The fourth-order valence-electron chi connectivity index (χ4n) is 3.04. The van der Waals surface area contributed by atoms with Crippen LogP contribution < -0.4 is 20.5 Å². The predicted octanol–water partition coefficient (Wildman–Crippen LogP) is 3.18. The zero-order valence-electron chi connectivity index (χ0n) is 12.1. The second-order valence-electron chi connectivity index (χ2n) is 5.83. The minimum Gasteiger partial charge on any atom is -0.454 e. The third-order valence-corrected chi connectivity index (χ3v) is 4.10. The Kier molecular flexibility index (Phi) is 4.83. The summed E-state index contributed by atoms with van der Waals surface area (Å²) in [6.07, 6.45) is 4.08. The van der Waals surface area contributed by atoms with Crippen LogP contribution in [0.4, 0.5) is 11.4 Å². The minimum atomic E-state index is 0. The average Bonchev–Trinajstić information content (AvgIpc) is 2.98. The molecule has 1 heterocycles. The fraction of sp³-hybridized carbons (Fsp3) is 0.533. The van der Waals surface area contributed by atoms with Crippen LogP contribution in [0.1, 0.15) is 32.6 Å². The van der Waals surface area contributed by atoms with Gasteiger partial charge in [0, 0.05) is 18.6 Å². The standard InChI is InChI=1S/C15H20N2O3.ClH/c1-9-2-3-10(4-9)5-15(18)17-12-7-14-13(6-11(12)16)19-8-20-14;/h6-7,9-10H,2-5,8,16H2,1H3,(H,17,18);1H. The van der Waals surface area contributed by atoms with Crippen LogP contribution in [0.15, 0.2) is 12.1 Å². The number of nitrogens with one attached hydrogen (secondary N) is 1. The molecule has 0 spiro atoms. The smallest absolute Gasteiger partial charge is 0.231 e. The number of anilines is 2. The van der Waals surface area contributed by atoms with Gasteiger partial charge in [-0.2, -0.15) is 0 Å². The summed E-state index contributed by atoms with van der Waals surface area (Å²) in [5.74, 6) is 2.52. The number of amides is 1. The van der Waals surface area contributed by atoms with Gasteiger partial charge in [0.1, 0.15) is 0 Å². The molecule has 2 aliphatic rings. The second kappa shape index (κ2) is 6.43. The van der Waals surface area contributed by atoms with Gasteiger partial charge in [-0.3, -0.25) is 4.79 Å². The monoisotopic (exact) mass is 312 g/mol. The first-order chi connectivity index (χ1) is 9.61. The number of fused-ring (bicyclic) bond motifs is 1. The molecule has 1 aliphatic heterocycles. The molecular formula is C15H21ClN2O3. The molecule has 21 heavy (non-hydrogen) atoms. The molecule has 6 heteroatoms. The highest BCUT2D eigenvalue weighted by atomic mass is 35.5. The Morgan fingerprint density at radius 1 is 1.33 bits per heavy atom. The predicted molar refractivity (Wildman–Crippen MR) is 84.0 cm³/mol. The SMILES string of the molecule is CC1CCC(CC(=O)Nc2cc3c(cc2N)OCO3)C1.Cl. The van der Waals surface area contributed by atoms with E-state index in [0.717, 1.165) is 18.8 Å². The topological polar surface area (TPSA) is 73.6 Å². The lowest BCUT2D eigenvalue weighted by Gasteiger charge is -2.12. The zero-order chi connectivity index (χ0) is 14.1. The number of benzene rings is 1. The molecule has 116 valence electrons. The first-order valence-corrected chi connectivity index (χ1v) is 7.11. The first-order valence-electron chi connectivity index (χ1n) is 7.11. The summed E-state index contributed by atoms with van der Waals surface area (Å²) < 4.78 is 10.5. The van der Waals surface area contributed by atoms with Crippen molar-refractivity contribution >= 4 is 29.7 Å². The molecule has 0 radical (unpaired) electrons. The number of hydrogen-bond donors (Lipinski definition) is 2. The van der Waals surface area contributed by atoms with Crippen molar-refractivity contribution in [2.75, 3.05) is 17.8 Å². The molecule has 1 saturated carbocycles. The summed E-state index contributed by atoms with van der Waals surface area (Å²) in [6.45, 7) is 2.44. The van der Waals surface area contributed by atoms with E-state index in [1.54, 1.807) is 12.1 Å². The van der Waals surface area contributed by atoms with E-state index in [4.69, 9.17) is 15.2 Å². The molecule has 0 aromatic heterocycles. The van der Waals surface area contributed by atoms with Crippen LogP contribution in [0.3, 0.4) is 0 Å². The van der Waals surface area contributed by atoms with Gasteiger partial charge in [0.25, 0.3) is 0 Å². The van der Waals surface area contributed by atoms with Gasteiger partial charge in [-0.05, 0) is 24.7 Å². The lowest BCUT2D eigenvalue weighted by atomic mass is 10.0. The van der Waals surface area contributed by atoms with Gasteiger partial charge in [-0.15, -0.1) is 12.4 Å². The molecule has 0 saturated heterocycles. The van der Waals surface area contributed by atoms with Gasteiger partial charge >= 0.3 is 0 Å². The molecule has 3 rings (SSSR count). The molecule has 0 bridgehead atoms. The van der Waals surface area contributed by atoms with E-state index in [9.17, 15) is 4.79 Å². The quantitative estimate of drug-likeness (QED) is 0.841. The Labute approximate surface area is 130 Å². The summed E-state index contributed by atoms with van der Waals surface area (Å²) in [6, 6.07) is 3.42. The first kappa shape index (κ1) is 15.8. The number of hydrogen-bond acceptors (Lipinski definition) is 4. The van der Waals surface area contributed by atoms with E-state index in [0.29, 0.717) is 35.2 Å². The Balaban J connectivity index is 0.00000161. The lowest BCUT2D eigenvalue weighted by molar-refractivity contribution is -0.117. The minimum absolute atomic E-state index is 0. The van der Waals surface area contributed by atoms with E-state index in [2.05, 4.69) is 12.2 Å². The average molecular weight is 313 g/mol. The number of ether oxygens (including phenoxy) is 2. The number of halogens is 1. The maximum absolute atomic E-state index is 12.1. The molecule has 3 N–H and O–H groups in total. The third-order valence-electron chi connectivity index (χ3n) is 4.10. The highest BCUT2D eigenvalue weighted by molar-refractivity contribution is 5.94. The maximum Gasteiger partial charge on any atom is 0.231 e. The van der Waals surface area contributed by atoms with Crippen LogP contribution in [0.5, 0.6) is 11.5 Å². The molecule has 1 aliphatic carbocycles. The molecule has 1 amide bonds. The van der Waals surface area contributed by atoms with E-state index in [1.165, 1.54) is 6.42 Å². The van der Waals surface area contributed by atoms with Gasteiger partial charge in [0.05, 0.1) is 11.4 Å². The molecule has 5 nitrogen and oxygen atoms in total. The van der Waals surface area contributed by atoms with E-state index in [-0.39, 0.29) is 25.1 Å². The number of rotatable bonds is 3. The summed E-state index contributed by atoms with van der Waals surface area (Å²) in [5, 5.41) is 2.88. The molecule has 2 atom stereocenters. The van der Waals surface area contributed by atoms with Gasteiger partial charge in [-0.25, -0.2) is 0 Å². The molecular weight excluding hydrogens is 292 g/mol. The van der Waals surface area contributed by atoms with Crippen molar-refractivity contribution in [2.24, 2.45) is 11.8 Å². The molecule has 2 unspecified atom stereocenters. The van der Waals surface area contributed by atoms with Crippen molar-refractivity contribution in [3.05, 3.63) is 12.1 Å². The Hall–Kier alpha value is -1.62. The molecule has 1 aromatic carbocycles. The van der Waals surface area contributed by atoms with Crippen molar-refractivity contribution in [1.29, 1.82) is 0 Å². The molecule has 1 fully saturated rings. The fourth-order valence-corrected chi connectivity index (χ4v) is 3.04. The van der Waals surface area contributed by atoms with Crippen LogP contribution >= 0.6 is 12.4 Å². The van der Waals surface area contributed by atoms with Gasteiger partial charge < -0.3 is 20.5 Å². The largest absolute Gasteiger partial charge is 0.454 e. The lowest BCUT2D eigenvalue weighted by Crippen LogP contribution is -2.16. The Morgan fingerprint density at radius 3 is 2.71 bits per heavy atom. The Morgan fingerprint density at radius 2 is 2.05 bits per heavy atom. The van der Waals surface area contributed by atoms with Crippen molar-refractivity contribution in [2.45, 2.75) is 32.6 Å². The number of carbonyl (C=O) groups is 1. The summed E-state index contributed by atoms with van der Waals surface area (Å²) >= 11 is 0. The van der Waals surface area contributed by atoms with Crippen LogP contribution in [-0.4, -0.2) is 12.7 Å². The third kappa shape index (κ3) is 3.53. The molecule has 1 aromatic rings. The van der Waals surface area contributed by atoms with Crippen molar-refractivity contribution in [1.82, 2.24) is 0 Å². The van der Waals surface area contributed by atoms with E-state index < -0.39 is 0 Å². The highest BCUT2D eigenvalue weighted by Crippen LogP contribution is 2.38. The van der Waals surface area contributed by atoms with Crippen molar-refractivity contribution < 1.29 is 14.3 Å². The summed E-state index contributed by atoms with van der Waals surface area (Å²) in [5.41, 5.74) is 7.03. The summed E-state index contributed by atoms with van der Waals surface area (Å²) in [4.78, 5) is 12.1. The maximum atomic E-state index is 12.1. The Bertz CT molecular complexity index is 536. The van der Waals surface area contributed by atoms with Gasteiger partial charge in [-0.1, -0.05) is 13.3 Å². The zero-order valence-corrected chi connectivity index (χ0v) is 12.9. The van der Waals surface area contributed by atoms with Crippen LogP contribution in [0, 0.1) is 11.8 Å². The number of nitrogen functional groups attached to an aromatic ring is 1. The summed E-state index contributed by atoms with van der Waals surface area (Å²) in [7, 11) is 0. The normalized spacial score (nSPS) is 22.7. The van der Waals surface area contributed by atoms with Crippen molar-refractivity contribution in [3.8, 4) is 11.5 Å². The van der Waals surface area contributed by atoms with Crippen LogP contribution in [0.2, 0.25) is 0 Å². The second-order valence-corrected chi connectivity index (χ2v) is 5.83. The van der Waals surface area contributed by atoms with Crippen molar-refractivity contribution in [3.63, 3.8) is 0 Å². The van der Waals surface area contributed by atoms with Crippen LogP contribution in [0.25, 0.3) is 0 Å². The van der Waals surface area contributed by atoms with Gasteiger partial charge in [0.15, 0.2) is 11.5 Å². The van der Waals surface area contributed by atoms with Crippen LogP contribution in [-0.2, 0) is 4.79 Å².